The van der Waals surface area contributed by atoms with Crippen LogP contribution in [0, 0.1) is 18.3 Å². The van der Waals surface area contributed by atoms with Crippen LogP contribution in [0.5, 0.6) is 0 Å². The summed E-state index contributed by atoms with van der Waals surface area (Å²) in [5.41, 5.74) is 1.67. The maximum Gasteiger partial charge on any atom is 0.310 e. The number of nitrogens with zero attached hydrogens (tertiary/aromatic N) is 1. The molecule has 0 saturated carbocycles. The smallest absolute Gasteiger partial charge is 0.310 e. The summed E-state index contributed by atoms with van der Waals surface area (Å²) in [7, 11) is 0. The van der Waals surface area contributed by atoms with Gasteiger partial charge in [-0.1, -0.05) is 26.0 Å². The molecule has 1 atom stereocenters. The van der Waals surface area contributed by atoms with Crippen molar-refractivity contribution in [2.45, 2.75) is 34.1 Å². The molecule has 0 spiro atoms. The van der Waals surface area contributed by atoms with Crippen molar-refractivity contribution >= 4 is 17.1 Å². The molecule has 0 bridgehead atoms. The number of hydrogen-bond donors (Lipinski definition) is 1. The fraction of sp³-hybridized carbons (Fsp3) is 0.467. The minimum Gasteiger partial charge on any atom is -0.481 e. The number of oxazole rings is 1. The van der Waals surface area contributed by atoms with Crippen molar-refractivity contribution in [1.82, 2.24) is 4.98 Å². The Balaban J connectivity index is 2.40. The number of carboxylic acids is 1. The van der Waals surface area contributed by atoms with Crippen molar-refractivity contribution < 1.29 is 14.3 Å². The van der Waals surface area contributed by atoms with Crippen LogP contribution in [0.3, 0.4) is 0 Å². The number of hydrogen-bond acceptors (Lipinski definition) is 3. The van der Waals surface area contributed by atoms with E-state index in [0.29, 0.717) is 12.3 Å². The van der Waals surface area contributed by atoms with Crippen molar-refractivity contribution in [2.75, 3.05) is 0 Å². The number of carbonyl (C=O) groups is 1. The fourth-order valence-electron chi connectivity index (χ4n) is 2.05. The van der Waals surface area contributed by atoms with Crippen molar-refractivity contribution in [3.05, 3.63) is 29.7 Å². The minimum atomic E-state index is -0.866. The van der Waals surface area contributed by atoms with Crippen LogP contribution in [-0.2, 0) is 11.2 Å². The zero-order chi connectivity index (χ0) is 14.2. The monoisotopic (exact) mass is 261 g/mol. The van der Waals surface area contributed by atoms with Gasteiger partial charge in [-0.05, 0) is 31.4 Å². The van der Waals surface area contributed by atoms with E-state index in [1.807, 2.05) is 39.0 Å². The first kappa shape index (κ1) is 13.6. The van der Waals surface area contributed by atoms with Gasteiger partial charge in [0, 0.05) is 6.42 Å². The number of aliphatic carboxylic acids is 1. The Kier molecular flexibility index (Phi) is 3.35. The van der Waals surface area contributed by atoms with Crippen LogP contribution in [0.2, 0.25) is 0 Å². The second kappa shape index (κ2) is 4.68. The number of rotatable bonds is 4. The van der Waals surface area contributed by atoms with Gasteiger partial charge in [0.1, 0.15) is 5.52 Å². The first-order valence-electron chi connectivity index (χ1n) is 6.43. The number of benzene rings is 1. The summed E-state index contributed by atoms with van der Waals surface area (Å²) < 4.78 is 5.72. The van der Waals surface area contributed by atoms with E-state index in [0.717, 1.165) is 16.7 Å². The zero-order valence-electron chi connectivity index (χ0n) is 11.7. The van der Waals surface area contributed by atoms with Crippen LogP contribution in [0.4, 0.5) is 0 Å². The van der Waals surface area contributed by atoms with E-state index in [1.165, 1.54) is 0 Å². The highest BCUT2D eigenvalue weighted by molar-refractivity contribution is 5.77. The molecule has 1 heterocycles. The van der Waals surface area contributed by atoms with Crippen LogP contribution < -0.4 is 0 Å². The van der Waals surface area contributed by atoms with Gasteiger partial charge in [-0.2, -0.15) is 0 Å². The average Bonchev–Trinajstić information content (AvgIpc) is 2.72. The van der Waals surface area contributed by atoms with E-state index in [9.17, 15) is 9.90 Å². The molecule has 1 N–H and O–H groups in total. The Morgan fingerprint density at radius 3 is 2.68 bits per heavy atom. The number of aryl methyl sites for hydroxylation is 1. The van der Waals surface area contributed by atoms with E-state index in [-0.39, 0.29) is 5.92 Å². The first-order valence-corrected chi connectivity index (χ1v) is 6.43. The lowest BCUT2D eigenvalue weighted by atomic mass is 9.76. The Labute approximate surface area is 112 Å². The molecule has 4 nitrogen and oxygen atoms in total. The topological polar surface area (TPSA) is 63.3 Å². The average molecular weight is 261 g/mol. The maximum atomic E-state index is 11.5. The molecule has 0 fully saturated rings. The van der Waals surface area contributed by atoms with Gasteiger partial charge in [0.05, 0.1) is 5.41 Å². The van der Waals surface area contributed by atoms with E-state index in [2.05, 4.69) is 4.98 Å². The lowest BCUT2D eigenvalue weighted by molar-refractivity contribution is -0.150. The molecule has 0 aliphatic rings. The third kappa shape index (κ3) is 2.35. The summed E-state index contributed by atoms with van der Waals surface area (Å²) in [6, 6.07) is 5.75. The normalized spacial score (nSPS) is 14.8. The third-order valence-corrected chi connectivity index (χ3v) is 3.94. The zero-order valence-corrected chi connectivity index (χ0v) is 11.7. The summed E-state index contributed by atoms with van der Waals surface area (Å²) in [6.07, 6.45) is 0.300. The third-order valence-electron chi connectivity index (χ3n) is 3.94. The Morgan fingerprint density at radius 2 is 2.16 bits per heavy atom. The molecular formula is C15H19NO3. The Hall–Kier alpha value is -1.84. The summed E-state index contributed by atoms with van der Waals surface area (Å²) in [4.78, 5) is 15.9. The van der Waals surface area contributed by atoms with Crippen molar-refractivity contribution in [2.24, 2.45) is 11.3 Å². The van der Waals surface area contributed by atoms with Crippen LogP contribution in [0.25, 0.3) is 11.1 Å². The highest BCUT2D eigenvalue weighted by Crippen LogP contribution is 2.32. The van der Waals surface area contributed by atoms with Crippen LogP contribution in [-0.4, -0.2) is 16.1 Å². The van der Waals surface area contributed by atoms with Gasteiger partial charge in [-0.25, -0.2) is 4.98 Å². The number of fused-ring (bicyclic) bond motifs is 1. The molecule has 2 aromatic rings. The van der Waals surface area contributed by atoms with Gasteiger partial charge in [0.2, 0.25) is 0 Å². The molecule has 0 aliphatic carbocycles. The predicted octanol–water partition coefficient (Wildman–Crippen LogP) is 3.43. The second-order valence-electron chi connectivity index (χ2n) is 5.58. The molecule has 0 aliphatic heterocycles. The molecule has 2 rings (SSSR count). The van der Waals surface area contributed by atoms with E-state index in [1.54, 1.807) is 6.92 Å². The van der Waals surface area contributed by atoms with Crippen LogP contribution in [0.1, 0.15) is 32.2 Å². The summed E-state index contributed by atoms with van der Waals surface area (Å²) >= 11 is 0. The minimum absolute atomic E-state index is 0.00103. The van der Waals surface area contributed by atoms with Crippen molar-refractivity contribution in [3.63, 3.8) is 0 Å². The lowest BCUT2D eigenvalue weighted by Crippen LogP contribution is -2.35. The Bertz CT molecular complexity index is 615. The van der Waals surface area contributed by atoms with Gasteiger partial charge < -0.3 is 9.52 Å². The van der Waals surface area contributed by atoms with Gasteiger partial charge in [0.25, 0.3) is 0 Å². The van der Waals surface area contributed by atoms with Gasteiger partial charge in [-0.15, -0.1) is 0 Å². The standard InChI is InChI=1S/C15H19NO3/c1-9(2)15(4,14(17)18)8-12-16-11-7-5-6-10(3)13(11)19-12/h5-7,9H,8H2,1-4H3,(H,17,18). The fourth-order valence-corrected chi connectivity index (χ4v) is 2.05. The van der Waals surface area contributed by atoms with Crippen LogP contribution in [0.15, 0.2) is 22.6 Å². The number of para-hydroxylation sites is 1. The number of carboxylic acid groups (broad SMARTS) is 1. The summed E-state index contributed by atoms with van der Waals surface area (Å²) in [5.74, 6) is -0.328. The molecule has 1 aromatic carbocycles. The molecule has 0 saturated heterocycles. The quantitative estimate of drug-likeness (QED) is 0.915. The Morgan fingerprint density at radius 1 is 1.47 bits per heavy atom. The van der Waals surface area contributed by atoms with Gasteiger partial charge >= 0.3 is 5.97 Å². The van der Waals surface area contributed by atoms with Crippen molar-refractivity contribution in [3.8, 4) is 0 Å². The first-order chi connectivity index (χ1) is 8.84. The summed E-state index contributed by atoms with van der Waals surface area (Å²) in [6.45, 7) is 7.50. The maximum absolute atomic E-state index is 11.5. The molecule has 19 heavy (non-hydrogen) atoms. The molecule has 102 valence electrons. The molecule has 4 heteroatoms. The van der Waals surface area contributed by atoms with Gasteiger partial charge in [0.15, 0.2) is 11.5 Å². The highest BCUT2D eigenvalue weighted by atomic mass is 16.4. The molecule has 1 aromatic heterocycles. The van der Waals surface area contributed by atoms with E-state index < -0.39 is 11.4 Å². The van der Waals surface area contributed by atoms with Crippen LogP contribution >= 0.6 is 0 Å². The van der Waals surface area contributed by atoms with E-state index in [4.69, 9.17) is 4.42 Å². The predicted molar refractivity (Wildman–Crippen MR) is 73.0 cm³/mol. The largest absolute Gasteiger partial charge is 0.481 e. The van der Waals surface area contributed by atoms with Gasteiger partial charge in [-0.3, -0.25) is 4.79 Å². The molecule has 0 amide bonds. The molecular weight excluding hydrogens is 242 g/mol. The molecule has 1 unspecified atom stereocenters. The SMILES string of the molecule is Cc1cccc2nc(CC(C)(C(=O)O)C(C)C)oc12. The van der Waals surface area contributed by atoms with Crippen molar-refractivity contribution in [1.29, 1.82) is 0 Å². The lowest BCUT2D eigenvalue weighted by Gasteiger charge is -2.27. The highest BCUT2D eigenvalue weighted by Gasteiger charge is 2.38. The molecule has 0 radical (unpaired) electrons. The second-order valence-corrected chi connectivity index (χ2v) is 5.58. The van der Waals surface area contributed by atoms with E-state index >= 15 is 0 Å². The number of aromatic nitrogens is 1. The summed E-state index contributed by atoms with van der Waals surface area (Å²) in [5, 5.41) is 9.42.